The number of tetrazole rings is 1. The highest BCUT2D eigenvalue weighted by Gasteiger charge is 2.22. The van der Waals surface area contributed by atoms with Gasteiger partial charge in [-0.25, -0.2) is 4.98 Å². The molecule has 1 amide bonds. The van der Waals surface area contributed by atoms with Crippen LogP contribution in [0, 0.1) is 0 Å². The van der Waals surface area contributed by atoms with Crippen molar-refractivity contribution in [3.05, 3.63) is 48.5 Å². The second-order valence-corrected chi connectivity index (χ2v) is 6.62. The first-order valence-electron chi connectivity index (χ1n) is 8.98. The number of hydrogen-bond donors (Lipinski definition) is 0. The lowest BCUT2D eigenvalue weighted by Gasteiger charge is -2.34. The van der Waals surface area contributed by atoms with E-state index in [-0.39, 0.29) is 12.5 Å². The van der Waals surface area contributed by atoms with Crippen LogP contribution in [0.1, 0.15) is 5.82 Å². The molecule has 3 aromatic rings. The SMILES string of the molecule is Cn1ccnc1CN1CCN(C(=O)Cn2nnc(-c3ccccc3)n2)CC1. The molecule has 0 spiro atoms. The van der Waals surface area contributed by atoms with Gasteiger partial charge in [0.15, 0.2) is 0 Å². The molecule has 1 fully saturated rings. The Balaban J connectivity index is 1.30. The zero-order valence-corrected chi connectivity index (χ0v) is 15.3. The van der Waals surface area contributed by atoms with Gasteiger partial charge in [0.1, 0.15) is 12.4 Å². The molecule has 9 heteroatoms. The highest BCUT2D eigenvalue weighted by molar-refractivity contribution is 5.76. The number of carbonyl (C=O) groups excluding carboxylic acids is 1. The van der Waals surface area contributed by atoms with Crippen LogP contribution in [0.25, 0.3) is 11.4 Å². The van der Waals surface area contributed by atoms with Crippen LogP contribution in [0.3, 0.4) is 0 Å². The molecule has 1 aliphatic rings. The van der Waals surface area contributed by atoms with Crippen molar-refractivity contribution in [2.75, 3.05) is 26.2 Å². The number of hydrogen-bond acceptors (Lipinski definition) is 6. The molecule has 0 saturated carbocycles. The van der Waals surface area contributed by atoms with Crippen molar-refractivity contribution in [2.24, 2.45) is 7.05 Å². The monoisotopic (exact) mass is 366 g/mol. The summed E-state index contributed by atoms with van der Waals surface area (Å²) in [5, 5.41) is 12.4. The van der Waals surface area contributed by atoms with Gasteiger partial charge in [0.25, 0.3) is 0 Å². The molecule has 1 saturated heterocycles. The molecule has 0 atom stereocenters. The van der Waals surface area contributed by atoms with Gasteiger partial charge in [-0.2, -0.15) is 4.80 Å². The van der Waals surface area contributed by atoms with Crippen molar-refractivity contribution in [2.45, 2.75) is 13.1 Å². The summed E-state index contributed by atoms with van der Waals surface area (Å²) in [6, 6.07) is 9.62. The van der Waals surface area contributed by atoms with Crippen molar-refractivity contribution in [1.82, 2.24) is 39.6 Å². The highest BCUT2D eigenvalue weighted by Crippen LogP contribution is 2.12. The Morgan fingerprint density at radius 1 is 1.11 bits per heavy atom. The number of benzene rings is 1. The van der Waals surface area contributed by atoms with E-state index in [1.807, 2.05) is 59.2 Å². The first-order chi connectivity index (χ1) is 13.2. The van der Waals surface area contributed by atoms with Gasteiger partial charge in [-0.3, -0.25) is 9.69 Å². The zero-order chi connectivity index (χ0) is 18.6. The highest BCUT2D eigenvalue weighted by atomic mass is 16.2. The Labute approximate surface area is 157 Å². The van der Waals surface area contributed by atoms with Gasteiger partial charge in [0, 0.05) is 51.2 Å². The average Bonchev–Trinajstić information content (AvgIpc) is 3.32. The van der Waals surface area contributed by atoms with Crippen LogP contribution in [-0.2, 0) is 24.9 Å². The number of amides is 1. The lowest BCUT2D eigenvalue weighted by molar-refractivity contribution is -0.134. The Morgan fingerprint density at radius 3 is 2.59 bits per heavy atom. The molecule has 0 unspecified atom stereocenters. The van der Waals surface area contributed by atoms with Crippen molar-refractivity contribution >= 4 is 5.91 Å². The van der Waals surface area contributed by atoms with Gasteiger partial charge in [0.2, 0.25) is 11.7 Å². The molecule has 0 N–H and O–H groups in total. The third-order valence-corrected chi connectivity index (χ3v) is 4.77. The van der Waals surface area contributed by atoms with Gasteiger partial charge in [-0.1, -0.05) is 30.3 Å². The standard InChI is InChI=1S/C18H22N8O/c1-23-8-7-19-16(23)13-24-9-11-25(12-10-24)17(27)14-26-21-18(20-22-26)15-5-3-2-4-6-15/h2-8H,9-14H2,1H3. The maximum atomic E-state index is 12.6. The lowest BCUT2D eigenvalue weighted by atomic mass is 10.2. The van der Waals surface area contributed by atoms with Gasteiger partial charge >= 0.3 is 0 Å². The zero-order valence-electron chi connectivity index (χ0n) is 15.3. The molecule has 3 heterocycles. The molecule has 140 valence electrons. The Kier molecular flexibility index (Phi) is 4.93. The predicted octanol–water partition coefficient (Wildman–Crippen LogP) is 0.418. The van der Waals surface area contributed by atoms with Crippen LogP contribution in [-0.4, -0.2) is 71.6 Å². The fourth-order valence-corrected chi connectivity index (χ4v) is 3.14. The molecule has 2 aromatic heterocycles. The van der Waals surface area contributed by atoms with E-state index in [0.29, 0.717) is 18.9 Å². The van der Waals surface area contributed by atoms with Gasteiger partial charge in [-0.15, -0.1) is 10.2 Å². The van der Waals surface area contributed by atoms with Crippen LogP contribution in [0.15, 0.2) is 42.7 Å². The maximum Gasteiger partial charge on any atom is 0.246 e. The summed E-state index contributed by atoms with van der Waals surface area (Å²) in [5.41, 5.74) is 0.888. The van der Waals surface area contributed by atoms with Crippen LogP contribution in [0.2, 0.25) is 0 Å². The van der Waals surface area contributed by atoms with Gasteiger partial charge in [0.05, 0.1) is 6.54 Å². The Morgan fingerprint density at radius 2 is 1.89 bits per heavy atom. The summed E-state index contributed by atoms with van der Waals surface area (Å²) in [6.45, 7) is 3.97. The average molecular weight is 366 g/mol. The van der Waals surface area contributed by atoms with E-state index in [9.17, 15) is 4.79 Å². The predicted molar refractivity (Wildman–Crippen MR) is 98.3 cm³/mol. The summed E-state index contributed by atoms with van der Waals surface area (Å²) < 4.78 is 2.03. The summed E-state index contributed by atoms with van der Waals surface area (Å²) in [5.74, 6) is 1.59. The number of rotatable bonds is 5. The van der Waals surface area contributed by atoms with E-state index in [1.165, 1.54) is 4.80 Å². The molecule has 0 radical (unpaired) electrons. The lowest BCUT2D eigenvalue weighted by Crippen LogP contribution is -2.49. The number of aryl methyl sites for hydroxylation is 1. The minimum Gasteiger partial charge on any atom is -0.338 e. The second-order valence-electron chi connectivity index (χ2n) is 6.62. The van der Waals surface area contributed by atoms with Crippen molar-refractivity contribution < 1.29 is 4.79 Å². The fraction of sp³-hybridized carbons (Fsp3) is 0.389. The van der Waals surface area contributed by atoms with E-state index in [4.69, 9.17) is 0 Å². The molecule has 9 nitrogen and oxygen atoms in total. The molecule has 0 aliphatic carbocycles. The second kappa shape index (κ2) is 7.67. The first kappa shape index (κ1) is 17.3. The maximum absolute atomic E-state index is 12.6. The van der Waals surface area contributed by atoms with E-state index in [2.05, 4.69) is 25.3 Å². The van der Waals surface area contributed by atoms with E-state index >= 15 is 0 Å². The number of carbonyl (C=O) groups is 1. The quantitative estimate of drug-likeness (QED) is 0.651. The van der Waals surface area contributed by atoms with E-state index in [1.54, 1.807) is 0 Å². The summed E-state index contributed by atoms with van der Waals surface area (Å²) in [6.07, 6.45) is 3.76. The first-order valence-corrected chi connectivity index (χ1v) is 8.98. The molecule has 27 heavy (non-hydrogen) atoms. The molecule has 0 bridgehead atoms. The van der Waals surface area contributed by atoms with E-state index < -0.39 is 0 Å². The van der Waals surface area contributed by atoms with Crippen LogP contribution < -0.4 is 0 Å². The summed E-state index contributed by atoms with van der Waals surface area (Å²) in [7, 11) is 2.00. The third kappa shape index (κ3) is 4.03. The Hall–Kier alpha value is -3.07. The van der Waals surface area contributed by atoms with Crippen LogP contribution in [0.5, 0.6) is 0 Å². The summed E-state index contributed by atoms with van der Waals surface area (Å²) >= 11 is 0. The number of nitrogens with zero attached hydrogens (tertiary/aromatic N) is 8. The fourth-order valence-electron chi connectivity index (χ4n) is 3.14. The number of aromatic nitrogens is 6. The van der Waals surface area contributed by atoms with E-state index in [0.717, 1.165) is 31.0 Å². The Bertz CT molecular complexity index is 895. The van der Waals surface area contributed by atoms with Crippen LogP contribution in [0.4, 0.5) is 0 Å². The van der Waals surface area contributed by atoms with Crippen LogP contribution >= 0.6 is 0 Å². The third-order valence-electron chi connectivity index (χ3n) is 4.77. The molecule has 1 aromatic carbocycles. The number of imidazole rings is 1. The summed E-state index contributed by atoms with van der Waals surface area (Å²) in [4.78, 5) is 22.5. The largest absolute Gasteiger partial charge is 0.338 e. The van der Waals surface area contributed by atoms with Crippen molar-refractivity contribution in [3.63, 3.8) is 0 Å². The van der Waals surface area contributed by atoms with Crippen molar-refractivity contribution in [3.8, 4) is 11.4 Å². The van der Waals surface area contributed by atoms with Gasteiger partial charge in [-0.05, 0) is 5.21 Å². The van der Waals surface area contributed by atoms with Gasteiger partial charge < -0.3 is 9.47 Å². The minimum absolute atomic E-state index is 0.0173. The normalized spacial score (nSPS) is 15.2. The molecular formula is C18H22N8O. The molecular weight excluding hydrogens is 344 g/mol. The topological polar surface area (TPSA) is 85.0 Å². The van der Waals surface area contributed by atoms with Crippen molar-refractivity contribution in [1.29, 1.82) is 0 Å². The smallest absolute Gasteiger partial charge is 0.246 e. The molecule has 1 aliphatic heterocycles. The number of piperazine rings is 1. The molecule has 4 rings (SSSR count). The minimum atomic E-state index is 0.0173.